The van der Waals surface area contributed by atoms with Crippen molar-refractivity contribution >= 4 is 11.8 Å². The van der Waals surface area contributed by atoms with E-state index in [0.717, 1.165) is 23.7 Å². The molecule has 0 radical (unpaired) electrons. The van der Waals surface area contributed by atoms with Crippen molar-refractivity contribution < 1.29 is 0 Å². The van der Waals surface area contributed by atoms with Crippen LogP contribution in [0.2, 0.25) is 0 Å². The Hall–Kier alpha value is -0.770. The number of rotatable bonds is 5. The van der Waals surface area contributed by atoms with Crippen LogP contribution in [0, 0.1) is 0 Å². The minimum atomic E-state index is 0.00616. The largest absolute Gasteiger partial charge is 0.310 e. The van der Waals surface area contributed by atoms with Crippen LogP contribution >= 0.6 is 11.8 Å². The van der Waals surface area contributed by atoms with E-state index in [4.69, 9.17) is 0 Å². The molecule has 1 aromatic rings. The van der Waals surface area contributed by atoms with Gasteiger partial charge in [0.2, 0.25) is 0 Å². The summed E-state index contributed by atoms with van der Waals surface area (Å²) in [6, 6.07) is 1.69. The Morgan fingerprint density at radius 2 is 2.22 bits per heavy atom. The smallest absolute Gasteiger partial charge is 0.251 e. The van der Waals surface area contributed by atoms with E-state index in [1.54, 1.807) is 6.07 Å². The molecule has 1 atom stereocenters. The zero-order valence-electron chi connectivity index (χ0n) is 11.2. The molecule has 0 aliphatic heterocycles. The highest BCUT2D eigenvalue weighted by Crippen LogP contribution is 2.32. The molecule has 1 aliphatic rings. The van der Waals surface area contributed by atoms with Gasteiger partial charge in [0, 0.05) is 17.2 Å². The Morgan fingerprint density at radius 3 is 2.89 bits per heavy atom. The van der Waals surface area contributed by atoms with Crippen molar-refractivity contribution in [3.63, 3.8) is 0 Å². The van der Waals surface area contributed by atoms with E-state index in [-0.39, 0.29) is 5.56 Å². The Kier molecular flexibility index (Phi) is 4.87. The number of aromatic amines is 1. The molecule has 4 heteroatoms. The van der Waals surface area contributed by atoms with E-state index in [9.17, 15) is 4.79 Å². The first-order valence-corrected chi connectivity index (χ1v) is 7.95. The van der Waals surface area contributed by atoms with Crippen molar-refractivity contribution in [3.05, 3.63) is 27.9 Å². The van der Waals surface area contributed by atoms with Crippen molar-refractivity contribution in [2.45, 2.75) is 62.9 Å². The third kappa shape index (κ3) is 3.61. The van der Waals surface area contributed by atoms with Crippen LogP contribution in [0.15, 0.2) is 10.9 Å². The number of hydrogen-bond donors (Lipinski definition) is 1. The Bertz CT molecular complexity index is 438. The summed E-state index contributed by atoms with van der Waals surface area (Å²) in [5.41, 5.74) is 1.02. The van der Waals surface area contributed by atoms with Gasteiger partial charge in [-0.25, -0.2) is 4.98 Å². The van der Waals surface area contributed by atoms with Gasteiger partial charge in [0.25, 0.3) is 5.56 Å². The van der Waals surface area contributed by atoms with E-state index in [1.807, 2.05) is 11.8 Å². The van der Waals surface area contributed by atoms with Crippen molar-refractivity contribution in [1.82, 2.24) is 9.97 Å². The van der Waals surface area contributed by atoms with Crippen LogP contribution in [-0.4, -0.2) is 15.2 Å². The summed E-state index contributed by atoms with van der Waals surface area (Å²) in [5, 5.41) is 0.616. The SMILES string of the molecule is CCC(C)SCc1nc(C2CCCC2)cc(=O)[nH]1. The second-order valence-corrected chi connectivity index (χ2v) is 6.55. The lowest BCUT2D eigenvalue weighted by Crippen LogP contribution is -2.14. The molecule has 0 saturated heterocycles. The van der Waals surface area contributed by atoms with Gasteiger partial charge in [-0.3, -0.25) is 4.79 Å². The lowest BCUT2D eigenvalue weighted by Gasteiger charge is -2.11. The van der Waals surface area contributed by atoms with Gasteiger partial charge >= 0.3 is 0 Å². The maximum absolute atomic E-state index is 11.7. The zero-order chi connectivity index (χ0) is 13.0. The van der Waals surface area contributed by atoms with E-state index < -0.39 is 0 Å². The van der Waals surface area contributed by atoms with Crippen molar-refractivity contribution in [3.8, 4) is 0 Å². The van der Waals surface area contributed by atoms with Crippen LogP contribution in [0.1, 0.15) is 63.4 Å². The van der Waals surface area contributed by atoms with E-state index in [2.05, 4.69) is 23.8 Å². The Balaban J connectivity index is 2.08. The molecule has 100 valence electrons. The number of nitrogens with one attached hydrogen (secondary N) is 1. The molecule has 1 heterocycles. The molecule has 0 bridgehead atoms. The Labute approximate surface area is 113 Å². The van der Waals surface area contributed by atoms with Gasteiger partial charge in [0.15, 0.2) is 0 Å². The lowest BCUT2D eigenvalue weighted by molar-refractivity contribution is 0.685. The predicted octanol–water partition coefficient (Wildman–Crippen LogP) is 3.46. The maximum atomic E-state index is 11.7. The first-order chi connectivity index (χ1) is 8.69. The number of thioether (sulfide) groups is 1. The van der Waals surface area contributed by atoms with Crippen molar-refractivity contribution in [1.29, 1.82) is 0 Å². The fraction of sp³-hybridized carbons (Fsp3) is 0.714. The zero-order valence-corrected chi connectivity index (χ0v) is 12.1. The van der Waals surface area contributed by atoms with Gasteiger partial charge in [-0.05, 0) is 19.3 Å². The van der Waals surface area contributed by atoms with Crippen LogP contribution in [0.4, 0.5) is 0 Å². The average Bonchev–Trinajstić information content (AvgIpc) is 2.89. The first-order valence-electron chi connectivity index (χ1n) is 6.90. The van der Waals surface area contributed by atoms with Gasteiger partial charge in [0.1, 0.15) is 5.82 Å². The molecule has 1 aromatic heterocycles. The van der Waals surface area contributed by atoms with Gasteiger partial charge < -0.3 is 4.98 Å². The fourth-order valence-electron chi connectivity index (χ4n) is 2.37. The summed E-state index contributed by atoms with van der Waals surface area (Å²) >= 11 is 1.86. The normalized spacial score (nSPS) is 18.1. The highest BCUT2D eigenvalue weighted by Gasteiger charge is 2.19. The molecule has 1 fully saturated rings. The van der Waals surface area contributed by atoms with Crippen LogP contribution in [-0.2, 0) is 5.75 Å². The average molecular weight is 266 g/mol. The number of aromatic nitrogens is 2. The predicted molar refractivity (Wildman–Crippen MR) is 77.1 cm³/mol. The number of H-pyrrole nitrogens is 1. The maximum Gasteiger partial charge on any atom is 0.251 e. The molecular formula is C14H22N2OS. The standard InChI is InChI=1S/C14H22N2OS/c1-3-10(2)18-9-13-15-12(8-14(17)16-13)11-6-4-5-7-11/h8,10-11H,3-7,9H2,1-2H3,(H,15,16,17). The second kappa shape index (κ2) is 6.41. The van der Waals surface area contributed by atoms with Crippen LogP contribution in [0.25, 0.3) is 0 Å². The first kappa shape index (κ1) is 13.7. The minimum absolute atomic E-state index is 0.00616. The highest BCUT2D eigenvalue weighted by molar-refractivity contribution is 7.99. The molecule has 1 unspecified atom stereocenters. The van der Waals surface area contributed by atoms with Crippen molar-refractivity contribution in [2.75, 3.05) is 0 Å². The summed E-state index contributed by atoms with van der Waals surface area (Å²) < 4.78 is 0. The molecule has 1 aliphatic carbocycles. The molecular weight excluding hydrogens is 244 g/mol. The molecule has 2 rings (SSSR count). The monoisotopic (exact) mass is 266 g/mol. The second-order valence-electron chi connectivity index (χ2n) is 5.13. The van der Waals surface area contributed by atoms with E-state index in [1.165, 1.54) is 25.7 Å². The van der Waals surface area contributed by atoms with Crippen LogP contribution in [0.3, 0.4) is 0 Å². The lowest BCUT2D eigenvalue weighted by atomic mass is 10.0. The third-order valence-electron chi connectivity index (χ3n) is 3.66. The topological polar surface area (TPSA) is 45.8 Å². The summed E-state index contributed by atoms with van der Waals surface area (Å²) in [6.07, 6.45) is 6.08. The molecule has 1 saturated carbocycles. The summed E-state index contributed by atoms with van der Waals surface area (Å²) in [4.78, 5) is 19.2. The molecule has 18 heavy (non-hydrogen) atoms. The summed E-state index contributed by atoms with van der Waals surface area (Å²) in [7, 11) is 0. The van der Waals surface area contributed by atoms with Gasteiger partial charge in [-0.1, -0.05) is 26.7 Å². The molecule has 3 nitrogen and oxygen atoms in total. The molecule has 1 N–H and O–H groups in total. The van der Waals surface area contributed by atoms with E-state index in [0.29, 0.717) is 11.2 Å². The Morgan fingerprint density at radius 1 is 1.50 bits per heavy atom. The fourth-order valence-corrected chi connectivity index (χ4v) is 3.18. The third-order valence-corrected chi connectivity index (χ3v) is 5.01. The number of hydrogen-bond acceptors (Lipinski definition) is 3. The van der Waals surface area contributed by atoms with Gasteiger partial charge in [-0.15, -0.1) is 0 Å². The molecule has 0 amide bonds. The van der Waals surface area contributed by atoms with E-state index >= 15 is 0 Å². The highest BCUT2D eigenvalue weighted by atomic mass is 32.2. The van der Waals surface area contributed by atoms with Gasteiger partial charge in [-0.2, -0.15) is 11.8 Å². The van der Waals surface area contributed by atoms with Crippen LogP contribution < -0.4 is 5.56 Å². The van der Waals surface area contributed by atoms with Crippen molar-refractivity contribution in [2.24, 2.45) is 0 Å². The number of nitrogens with zero attached hydrogens (tertiary/aromatic N) is 1. The molecule has 0 spiro atoms. The quantitative estimate of drug-likeness (QED) is 0.887. The summed E-state index contributed by atoms with van der Waals surface area (Å²) in [5.74, 6) is 2.17. The minimum Gasteiger partial charge on any atom is -0.310 e. The van der Waals surface area contributed by atoms with Gasteiger partial charge in [0.05, 0.1) is 11.4 Å². The summed E-state index contributed by atoms with van der Waals surface area (Å²) in [6.45, 7) is 4.40. The van der Waals surface area contributed by atoms with Crippen LogP contribution in [0.5, 0.6) is 0 Å². The molecule has 0 aromatic carbocycles.